The minimum Gasteiger partial charge on any atom is -0.330 e. The second-order valence-electron chi connectivity index (χ2n) is 9.80. The van der Waals surface area contributed by atoms with Crippen LogP contribution in [0.3, 0.4) is 0 Å². The van der Waals surface area contributed by atoms with Gasteiger partial charge in [-0.3, -0.25) is 14.4 Å². The van der Waals surface area contributed by atoms with Crippen LogP contribution >= 0.6 is 0 Å². The molecule has 2 aromatic heterocycles. The summed E-state index contributed by atoms with van der Waals surface area (Å²) >= 11 is 0. The highest BCUT2D eigenvalue weighted by Crippen LogP contribution is 2.33. The number of carbonyl (C=O) groups is 2. The standard InChI is InChI=1S/C29H28N4O3/c1-19(27(34)21-13-7-3-8-14-21)32-25-17-24(20-11-5-2-6-12-20)30-33(25)28(35)23-18-31(29(36)26(23)32)22-15-9-4-10-16-22/h2-3,5-8,11-14,17,19,22H,4,9-10,15-16,18H2,1H3. The average molecular weight is 481 g/mol. The predicted molar refractivity (Wildman–Crippen MR) is 137 cm³/mol. The van der Waals surface area contributed by atoms with Crippen LogP contribution in [0.5, 0.6) is 0 Å². The van der Waals surface area contributed by atoms with E-state index < -0.39 is 6.04 Å². The monoisotopic (exact) mass is 480 g/mol. The third kappa shape index (κ3) is 3.58. The first kappa shape index (κ1) is 22.5. The molecule has 0 spiro atoms. The van der Waals surface area contributed by atoms with E-state index in [-0.39, 0.29) is 29.8 Å². The molecule has 1 atom stereocenters. The van der Waals surface area contributed by atoms with Gasteiger partial charge in [0.25, 0.3) is 11.5 Å². The molecule has 2 aliphatic rings. The maximum atomic E-state index is 13.9. The number of fused-ring (bicyclic) bond motifs is 2. The SMILES string of the molecule is CC(C(=O)c1ccccc1)n1c2c(c(=O)n3nc(-c4ccccc4)cc13)CN(C1CCCCC1)C2=O. The van der Waals surface area contributed by atoms with Gasteiger partial charge in [-0.15, -0.1) is 0 Å². The first-order chi connectivity index (χ1) is 17.5. The summed E-state index contributed by atoms with van der Waals surface area (Å²) in [6.07, 6.45) is 5.24. The van der Waals surface area contributed by atoms with Crippen molar-refractivity contribution in [1.29, 1.82) is 0 Å². The van der Waals surface area contributed by atoms with E-state index in [0.717, 1.165) is 31.2 Å². The van der Waals surface area contributed by atoms with E-state index in [4.69, 9.17) is 0 Å². The third-order valence-corrected chi connectivity index (χ3v) is 7.62. The lowest BCUT2D eigenvalue weighted by Gasteiger charge is -2.30. The number of aromatic nitrogens is 3. The Morgan fingerprint density at radius 1 is 0.944 bits per heavy atom. The molecule has 0 saturated heterocycles. The number of nitrogens with zero attached hydrogens (tertiary/aromatic N) is 4. The number of Topliss-reactive ketones (excluding diaryl/α,β-unsaturated/α-hetero) is 1. The van der Waals surface area contributed by atoms with Crippen molar-refractivity contribution in [1.82, 2.24) is 19.1 Å². The summed E-state index contributed by atoms with van der Waals surface area (Å²) in [6, 6.07) is 19.9. The van der Waals surface area contributed by atoms with Gasteiger partial charge in [-0.2, -0.15) is 9.61 Å². The number of carbonyl (C=O) groups excluding carboxylic acids is 2. The molecule has 3 heterocycles. The second kappa shape index (κ2) is 8.90. The lowest BCUT2D eigenvalue weighted by atomic mass is 9.94. The molecule has 7 heteroatoms. The molecule has 182 valence electrons. The van der Waals surface area contributed by atoms with Gasteiger partial charge in [0.2, 0.25) is 0 Å². The minimum atomic E-state index is -0.695. The van der Waals surface area contributed by atoms with E-state index in [1.807, 2.05) is 59.5 Å². The Morgan fingerprint density at radius 3 is 2.31 bits per heavy atom. The van der Waals surface area contributed by atoms with Crippen LogP contribution in [-0.4, -0.2) is 36.8 Å². The van der Waals surface area contributed by atoms with E-state index in [1.54, 1.807) is 23.6 Å². The summed E-state index contributed by atoms with van der Waals surface area (Å²) in [7, 11) is 0. The number of hydrogen-bond donors (Lipinski definition) is 0. The second-order valence-corrected chi connectivity index (χ2v) is 9.80. The van der Waals surface area contributed by atoms with Crippen molar-refractivity contribution in [2.75, 3.05) is 0 Å². The molecular formula is C29H28N4O3. The Hall–Kier alpha value is -4.00. The number of ketones is 1. The van der Waals surface area contributed by atoms with Crippen molar-refractivity contribution >= 4 is 17.3 Å². The van der Waals surface area contributed by atoms with Gasteiger partial charge in [-0.25, -0.2) is 0 Å². The van der Waals surface area contributed by atoms with Crippen molar-refractivity contribution in [3.63, 3.8) is 0 Å². The maximum absolute atomic E-state index is 13.9. The highest BCUT2D eigenvalue weighted by atomic mass is 16.2. The molecule has 1 saturated carbocycles. The summed E-state index contributed by atoms with van der Waals surface area (Å²) in [4.78, 5) is 43.0. The smallest absolute Gasteiger partial charge is 0.280 e. The van der Waals surface area contributed by atoms with Crippen LogP contribution < -0.4 is 5.56 Å². The molecule has 1 fully saturated rings. The van der Waals surface area contributed by atoms with Gasteiger partial charge in [0.15, 0.2) is 5.78 Å². The van der Waals surface area contributed by atoms with E-state index in [2.05, 4.69) is 5.10 Å². The number of rotatable bonds is 5. The number of benzene rings is 2. The zero-order valence-corrected chi connectivity index (χ0v) is 20.3. The Bertz CT molecular complexity index is 1520. The Kier molecular flexibility index (Phi) is 5.55. The molecule has 7 nitrogen and oxygen atoms in total. The highest BCUT2D eigenvalue weighted by Gasteiger charge is 2.40. The summed E-state index contributed by atoms with van der Waals surface area (Å²) in [5.74, 6) is -0.276. The van der Waals surface area contributed by atoms with Gasteiger partial charge < -0.3 is 9.47 Å². The maximum Gasteiger partial charge on any atom is 0.280 e. The lowest BCUT2D eigenvalue weighted by molar-refractivity contribution is 0.0650. The van der Waals surface area contributed by atoms with E-state index in [0.29, 0.717) is 28.2 Å². The molecule has 2 aromatic carbocycles. The van der Waals surface area contributed by atoms with Gasteiger partial charge >= 0.3 is 0 Å². The van der Waals surface area contributed by atoms with Crippen LogP contribution in [0.15, 0.2) is 71.5 Å². The Labute approximate surface area is 209 Å². The molecule has 1 aliphatic heterocycles. The van der Waals surface area contributed by atoms with Crippen molar-refractivity contribution in [3.05, 3.63) is 93.9 Å². The summed E-state index contributed by atoms with van der Waals surface area (Å²) in [5, 5.41) is 4.64. The molecule has 0 N–H and O–H groups in total. The fraction of sp³-hybridized carbons (Fsp3) is 0.310. The minimum absolute atomic E-state index is 0.116. The molecule has 4 aromatic rings. The van der Waals surface area contributed by atoms with Gasteiger partial charge in [0, 0.05) is 23.2 Å². The molecule has 36 heavy (non-hydrogen) atoms. The van der Waals surface area contributed by atoms with E-state index >= 15 is 0 Å². The summed E-state index contributed by atoms with van der Waals surface area (Å²) in [5.41, 5.74) is 2.97. The molecule has 1 unspecified atom stereocenters. The molecule has 0 radical (unpaired) electrons. The van der Waals surface area contributed by atoms with Gasteiger partial charge in [-0.1, -0.05) is 79.9 Å². The van der Waals surface area contributed by atoms with Crippen LogP contribution in [0.2, 0.25) is 0 Å². The zero-order valence-electron chi connectivity index (χ0n) is 20.3. The Morgan fingerprint density at radius 2 is 1.61 bits per heavy atom. The lowest BCUT2D eigenvalue weighted by Crippen LogP contribution is -2.37. The van der Waals surface area contributed by atoms with Crippen molar-refractivity contribution in [2.24, 2.45) is 0 Å². The van der Waals surface area contributed by atoms with Crippen LogP contribution in [0.1, 0.15) is 71.5 Å². The first-order valence-electron chi connectivity index (χ1n) is 12.7. The summed E-state index contributed by atoms with van der Waals surface area (Å²) < 4.78 is 3.12. The predicted octanol–water partition coefficient (Wildman–Crippen LogP) is 4.90. The summed E-state index contributed by atoms with van der Waals surface area (Å²) in [6.45, 7) is 2.06. The fourth-order valence-corrected chi connectivity index (χ4v) is 5.72. The zero-order chi connectivity index (χ0) is 24.8. The largest absolute Gasteiger partial charge is 0.330 e. The molecule has 0 bridgehead atoms. The van der Waals surface area contributed by atoms with E-state index in [1.165, 1.54) is 10.9 Å². The van der Waals surface area contributed by atoms with Crippen LogP contribution in [0.4, 0.5) is 0 Å². The van der Waals surface area contributed by atoms with Crippen molar-refractivity contribution in [3.8, 4) is 11.3 Å². The van der Waals surface area contributed by atoms with Crippen LogP contribution in [-0.2, 0) is 6.54 Å². The topological polar surface area (TPSA) is 76.7 Å². The Balaban J connectivity index is 1.55. The first-order valence-corrected chi connectivity index (χ1v) is 12.7. The molecule has 1 amide bonds. The number of amides is 1. The quantitative estimate of drug-likeness (QED) is 0.381. The highest BCUT2D eigenvalue weighted by molar-refractivity contribution is 6.02. The third-order valence-electron chi connectivity index (χ3n) is 7.62. The van der Waals surface area contributed by atoms with Crippen molar-refractivity contribution in [2.45, 2.75) is 57.7 Å². The number of hydrogen-bond acceptors (Lipinski definition) is 4. The fourth-order valence-electron chi connectivity index (χ4n) is 5.72. The van der Waals surface area contributed by atoms with E-state index in [9.17, 15) is 14.4 Å². The normalized spacial score (nSPS) is 16.9. The molecular weight excluding hydrogens is 452 g/mol. The molecule has 6 rings (SSSR count). The average Bonchev–Trinajstić information content (AvgIpc) is 3.53. The van der Waals surface area contributed by atoms with Crippen LogP contribution in [0, 0.1) is 0 Å². The van der Waals surface area contributed by atoms with Gasteiger partial charge in [0.1, 0.15) is 11.3 Å². The van der Waals surface area contributed by atoms with Crippen LogP contribution in [0.25, 0.3) is 16.9 Å². The van der Waals surface area contributed by atoms with Crippen molar-refractivity contribution < 1.29 is 9.59 Å². The van der Waals surface area contributed by atoms with Gasteiger partial charge in [0.05, 0.1) is 23.8 Å². The van der Waals surface area contributed by atoms with Gasteiger partial charge in [-0.05, 0) is 19.8 Å². The molecule has 1 aliphatic carbocycles.